The van der Waals surface area contributed by atoms with Gasteiger partial charge < -0.3 is 0 Å². The second-order valence-electron chi connectivity index (χ2n) is 12.5. The minimum absolute atomic E-state index is 1.25. The highest BCUT2D eigenvalue weighted by atomic mass is 14.2. The van der Waals surface area contributed by atoms with Crippen LogP contribution in [0.5, 0.6) is 0 Å². The molecule has 0 amide bonds. The molecule has 0 aliphatic carbocycles. The second kappa shape index (κ2) is 10.2. The van der Waals surface area contributed by atoms with E-state index in [0.717, 1.165) is 0 Å². The maximum Gasteiger partial charge on any atom is -0.00139 e. The fourth-order valence-corrected chi connectivity index (χ4v) is 6.88. The van der Waals surface area contributed by atoms with Crippen LogP contribution >= 0.6 is 0 Å². The fourth-order valence-electron chi connectivity index (χ4n) is 6.88. The van der Waals surface area contributed by atoms with Gasteiger partial charge in [0, 0.05) is 0 Å². The fraction of sp³-hybridized carbons (Fsp3) is 0.0909. The molecule has 8 aromatic carbocycles. The summed E-state index contributed by atoms with van der Waals surface area (Å²) < 4.78 is 0. The van der Waals surface area contributed by atoms with Crippen LogP contribution in [0, 0.1) is 27.7 Å². The van der Waals surface area contributed by atoms with Crippen molar-refractivity contribution in [3.05, 3.63) is 156 Å². The standard InChI is InChI=1S/C44H34/c1-27-5-13-31(14-6-27)39-25-40(32-15-7-28(2)8-16-32)36-23-24-38-42(34-19-11-30(4)12-20-34)26-41(33-17-9-29(3)10-18-33)37-22-21-35(39)43(36)44(37)38/h5-26H,1-4H3. The zero-order valence-corrected chi connectivity index (χ0v) is 25.7. The molecule has 0 fully saturated rings. The van der Waals surface area contributed by atoms with Gasteiger partial charge in [0.05, 0.1) is 0 Å². The molecular weight excluding hydrogens is 528 g/mol. The maximum absolute atomic E-state index is 2.42. The van der Waals surface area contributed by atoms with Gasteiger partial charge in [0.25, 0.3) is 0 Å². The molecule has 44 heavy (non-hydrogen) atoms. The summed E-state index contributed by atoms with van der Waals surface area (Å²) >= 11 is 0. The van der Waals surface area contributed by atoms with Crippen molar-refractivity contribution in [3.63, 3.8) is 0 Å². The Morgan fingerprint density at radius 3 is 0.659 bits per heavy atom. The number of hydrogen-bond acceptors (Lipinski definition) is 0. The third kappa shape index (κ3) is 4.29. The molecule has 8 aromatic rings. The average Bonchev–Trinajstić information content (AvgIpc) is 3.05. The first kappa shape index (κ1) is 26.4. The molecule has 0 atom stereocenters. The lowest BCUT2D eigenvalue weighted by Crippen LogP contribution is -1.94. The number of hydrogen-bond donors (Lipinski definition) is 0. The number of aryl methyl sites for hydroxylation is 4. The van der Waals surface area contributed by atoms with Crippen LogP contribution in [0.4, 0.5) is 0 Å². The lowest BCUT2D eigenvalue weighted by atomic mass is 9.82. The van der Waals surface area contributed by atoms with Crippen molar-refractivity contribution >= 4 is 32.3 Å². The highest BCUT2D eigenvalue weighted by Gasteiger charge is 2.20. The Kier molecular flexibility index (Phi) is 6.13. The van der Waals surface area contributed by atoms with E-state index in [1.54, 1.807) is 0 Å². The van der Waals surface area contributed by atoms with Gasteiger partial charge in [-0.05, 0) is 117 Å². The van der Waals surface area contributed by atoms with Crippen molar-refractivity contribution in [2.24, 2.45) is 0 Å². The van der Waals surface area contributed by atoms with Gasteiger partial charge in [-0.1, -0.05) is 144 Å². The van der Waals surface area contributed by atoms with Crippen LogP contribution in [-0.2, 0) is 0 Å². The molecule has 0 heterocycles. The van der Waals surface area contributed by atoms with E-state index >= 15 is 0 Å². The van der Waals surface area contributed by atoms with Gasteiger partial charge in [0.15, 0.2) is 0 Å². The first-order valence-corrected chi connectivity index (χ1v) is 15.5. The van der Waals surface area contributed by atoms with E-state index in [2.05, 4.69) is 161 Å². The van der Waals surface area contributed by atoms with Crippen LogP contribution < -0.4 is 0 Å². The van der Waals surface area contributed by atoms with Crippen molar-refractivity contribution < 1.29 is 0 Å². The van der Waals surface area contributed by atoms with Gasteiger partial charge >= 0.3 is 0 Å². The molecule has 0 aliphatic heterocycles. The molecule has 0 nitrogen and oxygen atoms in total. The van der Waals surface area contributed by atoms with Gasteiger partial charge in [-0.15, -0.1) is 0 Å². The van der Waals surface area contributed by atoms with Crippen LogP contribution in [0.15, 0.2) is 133 Å². The lowest BCUT2D eigenvalue weighted by molar-refractivity contribution is 1.47. The van der Waals surface area contributed by atoms with Gasteiger partial charge in [-0.3, -0.25) is 0 Å². The van der Waals surface area contributed by atoms with Crippen LogP contribution in [0.3, 0.4) is 0 Å². The van der Waals surface area contributed by atoms with E-state index in [9.17, 15) is 0 Å². The minimum Gasteiger partial charge on any atom is -0.0587 e. The molecule has 210 valence electrons. The van der Waals surface area contributed by atoms with Crippen LogP contribution in [0.2, 0.25) is 0 Å². The highest BCUT2D eigenvalue weighted by Crippen LogP contribution is 2.48. The lowest BCUT2D eigenvalue weighted by Gasteiger charge is -2.21. The van der Waals surface area contributed by atoms with Crippen molar-refractivity contribution in [2.45, 2.75) is 27.7 Å². The normalized spacial score (nSPS) is 11.6. The van der Waals surface area contributed by atoms with Gasteiger partial charge in [0.2, 0.25) is 0 Å². The topological polar surface area (TPSA) is 0 Å². The van der Waals surface area contributed by atoms with E-state index in [1.807, 2.05) is 0 Å². The highest BCUT2D eigenvalue weighted by molar-refractivity contribution is 6.31. The Labute approximate surface area is 259 Å². The summed E-state index contributed by atoms with van der Waals surface area (Å²) in [6.45, 7) is 8.63. The largest absolute Gasteiger partial charge is 0.0587 e. The molecule has 0 N–H and O–H groups in total. The van der Waals surface area contributed by atoms with Gasteiger partial charge in [-0.2, -0.15) is 0 Å². The number of rotatable bonds is 4. The zero-order chi connectivity index (χ0) is 29.9. The van der Waals surface area contributed by atoms with Gasteiger partial charge in [0.1, 0.15) is 0 Å². The molecule has 0 bridgehead atoms. The maximum atomic E-state index is 2.42. The monoisotopic (exact) mass is 562 g/mol. The first-order chi connectivity index (χ1) is 21.4. The molecule has 0 spiro atoms. The van der Waals surface area contributed by atoms with E-state index in [0.29, 0.717) is 0 Å². The first-order valence-electron chi connectivity index (χ1n) is 15.5. The number of benzene rings is 8. The predicted molar refractivity (Wildman–Crippen MR) is 191 cm³/mol. The molecular formula is C44H34. The Morgan fingerprint density at radius 2 is 0.455 bits per heavy atom. The quantitative estimate of drug-likeness (QED) is 0.187. The van der Waals surface area contributed by atoms with Crippen molar-refractivity contribution in [2.75, 3.05) is 0 Å². The van der Waals surface area contributed by atoms with Crippen molar-refractivity contribution in [1.29, 1.82) is 0 Å². The SMILES string of the molecule is Cc1ccc(-c2cc(-c3ccc(C)cc3)c3ccc4c(-c5ccc(C)cc5)cc(-c5ccc(C)cc5)c5ccc2c3c54)cc1. The summed E-state index contributed by atoms with van der Waals surface area (Å²) in [5, 5.41) is 7.89. The molecule has 0 aromatic heterocycles. The smallest absolute Gasteiger partial charge is 0.00139 e. The van der Waals surface area contributed by atoms with E-state index in [4.69, 9.17) is 0 Å². The predicted octanol–water partition coefficient (Wildman–Crippen LogP) is 12.5. The molecule has 0 saturated carbocycles. The van der Waals surface area contributed by atoms with Crippen molar-refractivity contribution in [3.8, 4) is 44.5 Å². The van der Waals surface area contributed by atoms with Crippen LogP contribution in [0.25, 0.3) is 76.8 Å². The van der Waals surface area contributed by atoms with E-state index < -0.39 is 0 Å². The Bertz CT molecular complexity index is 1970. The Balaban J connectivity index is 1.56. The summed E-state index contributed by atoms with van der Waals surface area (Å²) in [6.07, 6.45) is 0. The molecule has 0 aliphatic rings. The summed E-state index contributed by atoms with van der Waals surface area (Å²) in [5.74, 6) is 0. The Hall–Kier alpha value is -5.20. The molecule has 0 heteroatoms. The summed E-state index contributed by atoms with van der Waals surface area (Å²) in [5.41, 5.74) is 15.2. The molecule has 0 saturated heterocycles. The molecule has 0 radical (unpaired) electrons. The van der Waals surface area contributed by atoms with E-state index in [-0.39, 0.29) is 0 Å². The van der Waals surface area contributed by atoms with E-state index in [1.165, 1.54) is 99.1 Å². The summed E-state index contributed by atoms with van der Waals surface area (Å²) in [4.78, 5) is 0. The summed E-state index contributed by atoms with van der Waals surface area (Å²) in [6, 6.07) is 50.3. The molecule has 8 rings (SSSR count). The molecule has 0 unspecified atom stereocenters. The second-order valence-corrected chi connectivity index (χ2v) is 12.5. The van der Waals surface area contributed by atoms with Crippen molar-refractivity contribution in [1.82, 2.24) is 0 Å². The zero-order valence-electron chi connectivity index (χ0n) is 25.7. The Morgan fingerprint density at radius 1 is 0.250 bits per heavy atom. The van der Waals surface area contributed by atoms with Crippen LogP contribution in [0.1, 0.15) is 22.3 Å². The third-order valence-electron chi connectivity index (χ3n) is 9.35. The van der Waals surface area contributed by atoms with Gasteiger partial charge in [-0.25, -0.2) is 0 Å². The third-order valence-corrected chi connectivity index (χ3v) is 9.35. The minimum atomic E-state index is 1.25. The van der Waals surface area contributed by atoms with Crippen LogP contribution in [-0.4, -0.2) is 0 Å². The average molecular weight is 563 g/mol. The summed E-state index contributed by atoms with van der Waals surface area (Å²) in [7, 11) is 0.